The van der Waals surface area contributed by atoms with Crippen molar-refractivity contribution >= 4 is 17.0 Å². The van der Waals surface area contributed by atoms with E-state index >= 15 is 0 Å². The molecule has 2 unspecified atom stereocenters. The summed E-state index contributed by atoms with van der Waals surface area (Å²) in [7, 11) is 0. The summed E-state index contributed by atoms with van der Waals surface area (Å²) in [4.78, 5) is 23.9. The summed E-state index contributed by atoms with van der Waals surface area (Å²) in [5.41, 5.74) is 21.2. The normalized spacial score (nSPS) is 16.4. The second kappa shape index (κ2) is 17.0. The lowest BCUT2D eigenvalue weighted by molar-refractivity contribution is -0.274. The van der Waals surface area contributed by atoms with Gasteiger partial charge < -0.3 is 37.0 Å². The highest BCUT2D eigenvalue weighted by Gasteiger charge is 2.32. The van der Waals surface area contributed by atoms with Gasteiger partial charge in [0.05, 0.1) is 18.9 Å². The predicted molar refractivity (Wildman–Crippen MR) is 200 cm³/mol. The third-order valence-corrected chi connectivity index (χ3v) is 8.78. The van der Waals surface area contributed by atoms with E-state index in [1.807, 2.05) is 57.3 Å². The van der Waals surface area contributed by atoms with Crippen LogP contribution in [0.15, 0.2) is 64.5 Å². The lowest BCUT2D eigenvalue weighted by atomic mass is 9.85. The van der Waals surface area contributed by atoms with Crippen molar-refractivity contribution < 1.29 is 22.6 Å². The lowest BCUT2D eigenvalue weighted by Gasteiger charge is -2.22. The summed E-state index contributed by atoms with van der Waals surface area (Å²) >= 11 is 0. The Balaban J connectivity index is 0.000000239. The van der Waals surface area contributed by atoms with Gasteiger partial charge >= 0.3 is 12.1 Å². The monoisotopic (exact) mass is 726 g/mol. The largest absolute Gasteiger partial charge is 0.573 e. The van der Waals surface area contributed by atoms with E-state index in [0.29, 0.717) is 31.8 Å². The highest BCUT2D eigenvalue weighted by Crippen LogP contribution is 2.32. The maximum absolute atomic E-state index is 12.5. The van der Waals surface area contributed by atoms with Gasteiger partial charge in [-0.15, -0.1) is 13.2 Å². The number of hydrogen-bond acceptors (Lipinski definition) is 7. The van der Waals surface area contributed by atoms with Crippen LogP contribution >= 0.6 is 0 Å². The van der Waals surface area contributed by atoms with Gasteiger partial charge in [0, 0.05) is 41.8 Å². The Morgan fingerprint density at radius 1 is 1.02 bits per heavy atom. The summed E-state index contributed by atoms with van der Waals surface area (Å²) in [6.45, 7) is 15.6. The molecular formula is C38H53F3N8O3. The van der Waals surface area contributed by atoms with Crippen LogP contribution < -0.4 is 32.9 Å². The van der Waals surface area contributed by atoms with Gasteiger partial charge in [-0.25, -0.2) is 4.79 Å². The van der Waals surface area contributed by atoms with E-state index in [4.69, 9.17) is 21.9 Å². The molecule has 11 nitrogen and oxygen atoms in total. The first kappa shape index (κ1) is 40.4. The topological polar surface area (TPSA) is 172 Å². The van der Waals surface area contributed by atoms with Crippen molar-refractivity contribution in [3.63, 3.8) is 0 Å². The van der Waals surface area contributed by atoms with Crippen LogP contribution in [0.25, 0.3) is 16.7 Å². The molecule has 2 aromatic carbocycles. The lowest BCUT2D eigenvalue weighted by Crippen LogP contribution is -2.28. The molecule has 0 amide bonds. The minimum Gasteiger partial charge on any atom is -0.406 e. The van der Waals surface area contributed by atoms with E-state index in [1.165, 1.54) is 12.1 Å². The molecule has 1 aliphatic rings. The molecule has 3 heterocycles. The number of aryl methyl sites for hydroxylation is 1. The van der Waals surface area contributed by atoms with Crippen LogP contribution in [0.5, 0.6) is 5.75 Å². The zero-order valence-corrected chi connectivity index (χ0v) is 30.9. The molecule has 2 atom stereocenters. The van der Waals surface area contributed by atoms with Gasteiger partial charge in [0.15, 0.2) is 5.96 Å². The fraction of sp³-hybridized carbons (Fsp3) is 0.500. The minimum atomic E-state index is -4.69. The quantitative estimate of drug-likeness (QED) is 0.0761. The first-order chi connectivity index (χ1) is 24.3. The van der Waals surface area contributed by atoms with E-state index in [-0.39, 0.29) is 40.2 Å². The molecule has 1 saturated heterocycles. The van der Waals surface area contributed by atoms with Crippen LogP contribution in [0, 0.1) is 5.92 Å². The number of H-pyrrole nitrogens is 1. The molecular weight excluding hydrogens is 673 g/mol. The Kier molecular flexibility index (Phi) is 13.2. The summed E-state index contributed by atoms with van der Waals surface area (Å²) in [6, 6.07) is 14.8. The number of rotatable bonds is 11. The zero-order valence-electron chi connectivity index (χ0n) is 30.9. The molecule has 1 fully saturated rings. The van der Waals surface area contributed by atoms with Gasteiger partial charge in [0.1, 0.15) is 11.4 Å². The van der Waals surface area contributed by atoms with Crippen LogP contribution in [0.2, 0.25) is 0 Å². The molecule has 0 saturated carbocycles. The number of alkyl halides is 3. The van der Waals surface area contributed by atoms with E-state index in [9.17, 15) is 18.0 Å². The van der Waals surface area contributed by atoms with Crippen LogP contribution in [0.1, 0.15) is 76.8 Å². The van der Waals surface area contributed by atoms with Crippen LogP contribution in [-0.4, -0.2) is 59.2 Å². The Morgan fingerprint density at radius 3 is 2.33 bits per heavy atom. The zero-order chi connectivity index (χ0) is 38.3. The number of benzene rings is 2. The van der Waals surface area contributed by atoms with Gasteiger partial charge in [-0.3, -0.25) is 9.56 Å². The molecule has 4 aromatic rings. The van der Waals surface area contributed by atoms with Gasteiger partial charge in [0.25, 0.3) is 0 Å². The van der Waals surface area contributed by atoms with Crippen molar-refractivity contribution in [2.45, 2.75) is 90.6 Å². The number of aliphatic imine (C=N–C) groups is 1. The first-order valence-corrected chi connectivity index (χ1v) is 17.5. The van der Waals surface area contributed by atoms with E-state index in [1.54, 1.807) is 4.57 Å². The number of aromatic amines is 1. The summed E-state index contributed by atoms with van der Waals surface area (Å²) in [5, 5.41) is 4.27. The minimum absolute atomic E-state index is 0.00620. The molecule has 52 heavy (non-hydrogen) atoms. The Hall–Kier alpha value is -4.40. The second-order valence-electron chi connectivity index (χ2n) is 15.3. The van der Waals surface area contributed by atoms with Crippen molar-refractivity contribution in [1.82, 2.24) is 19.9 Å². The van der Waals surface area contributed by atoms with E-state index in [0.717, 1.165) is 59.4 Å². The molecule has 5 rings (SSSR count). The predicted octanol–water partition coefficient (Wildman–Crippen LogP) is 5.55. The van der Waals surface area contributed by atoms with Crippen molar-refractivity contribution in [3.8, 4) is 11.4 Å². The molecule has 0 aliphatic carbocycles. The average molecular weight is 727 g/mol. The third-order valence-electron chi connectivity index (χ3n) is 8.78. The smallest absolute Gasteiger partial charge is 0.406 e. The maximum Gasteiger partial charge on any atom is 0.573 e. The van der Waals surface area contributed by atoms with Crippen LogP contribution in [0.4, 0.5) is 13.2 Å². The van der Waals surface area contributed by atoms with Crippen LogP contribution in [0.3, 0.4) is 0 Å². The molecule has 8 N–H and O–H groups in total. The first-order valence-electron chi connectivity index (χ1n) is 17.5. The third kappa shape index (κ3) is 12.1. The standard InChI is InChI=1S/C21H29N7O.C17H24F3NO2/c1-21(2,3)17-11-15-13-28(20(29)27-18(15)26-17)16-7-5-14(6-8-16)12-24-9-4-10-25-19(22)23;1-16(2,3)13-6-11(4-5-12-9-22-10-15(12)21)7-14(8-13)23-17(18,19)20/h5-8,11,13,24H,4,9-10,12H2,1-3H3,(H4,22,23,25)(H,26,27,29);6-8,12,15H,4-5,9-10,21H2,1-3H3. The van der Waals surface area contributed by atoms with Crippen molar-refractivity contribution in [2.24, 2.45) is 28.1 Å². The summed E-state index contributed by atoms with van der Waals surface area (Å²) in [6.07, 6.45) is -0.535. The Bertz CT molecular complexity index is 1850. The summed E-state index contributed by atoms with van der Waals surface area (Å²) < 4.78 is 48.6. The van der Waals surface area contributed by atoms with Gasteiger partial charge in [0.2, 0.25) is 0 Å². The highest BCUT2D eigenvalue weighted by molar-refractivity contribution is 5.76. The van der Waals surface area contributed by atoms with Crippen LogP contribution in [-0.2, 0) is 28.5 Å². The molecule has 14 heteroatoms. The number of halogens is 3. The van der Waals surface area contributed by atoms with Crippen molar-refractivity contribution in [3.05, 3.63) is 87.6 Å². The van der Waals surface area contributed by atoms with E-state index < -0.39 is 6.36 Å². The van der Waals surface area contributed by atoms with Gasteiger partial charge in [-0.05, 0) is 84.2 Å². The number of nitrogens with two attached hydrogens (primary N) is 3. The molecule has 2 aromatic heterocycles. The number of nitrogens with one attached hydrogen (secondary N) is 2. The number of ether oxygens (including phenoxy) is 2. The molecule has 284 valence electrons. The van der Waals surface area contributed by atoms with Crippen molar-refractivity contribution in [2.75, 3.05) is 26.3 Å². The maximum atomic E-state index is 12.5. The SMILES string of the molecule is CC(C)(C)c1cc(CCC2COCC2N)cc(OC(F)(F)F)c1.CC(C)(C)c1cc2cn(-c3ccc(CNCCCN=C(N)N)cc3)c(=O)nc2[nH]1. The molecule has 0 spiro atoms. The summed E-state index contributed by atoms with van der Waals surface area (Å²) in [5.74, 6) is 0.213. The Labute approximate surface area is 303 Å². The molecule has 1 aliphatic heterocycles. The number of nitrogens with zero attached hydrogens (tertiary/aromatic N) is 3. The average Bonchev–Trinajstić information content (AvgIpc) is 3.66. The molecule has 0 bridgehead atoms. The number of guanidine groups is 1. The number of aromatic nitrogens is 3. The van der Waals surface area contributed by atoms with E-state index in [2.05, 4.69) is 51.9 Å². The van der Waals surface area contributed by atoms with Gasteiger partial charge in [-0.2, -0.15) is 4.98 Å². The van der Waals surface area contributed by atoms with Crippen molar-refractivity contribution in [1.29, 1.82) is 0 Å². The Morgan fingerprint density at radius 2 is 1.73 bits per heavy atom. The highest BCUT2D eigenvalue weighted by atomic mass is 19.4. The number of fused-ring (bicyclic) bond motifs is 1. The second-order valence-corrected chi connectivity index (χ2v) is 15.3. The fourth-order valence-electron chi connectivity index (χ4n) is 5.70. The van der Waals surface area contributed by atoms with Gasteiger partial charge in [-0.1, -0.05) is 59.7 Å². The number of hydrogen-bond donors (Lipinski definition) is 5. The molecule has 0 radical (unpaired) electrons. The fourth-order valence-corrected chi connectivity index (χ4v) is 5.70.